The molecule has 2 heterocycles. The van der Waals surface area contributed by atoms with E-state index in [-0.39, 0.29) is 22.2 Å². The van der Waals surface area contributed by atoms with Crippen molar-refractivity contribution in [2.24, 2.45) is 0 Å². The summed E-state index contributed by atoms with van der Waals surface area (Å²) in [6.45, 7) is 1.59. The highest BCUT2D eigenvalue weighted by atomic mass is 35.5. The number of nitrogens with one attached hydrogen (secondary N) is 1. The fraction of sp³-hybridized carbons (Fsp3) is 0.167. The van der Waals surface area contributed by atoms with E-state index in [2.05, 4.69) is 19.4 Å². The Morgan fingerprint density at radius 1 is 1.30 bits per heavy atom. The van der Waals surface area contributed by atoms with Crippen molar-refractivity contribution in [2.45, 2.75) is 13.2 Å². The van der Waals surface area contributed by atoms with Gasteiger partial charge in [-0.15, -0.1) is 8.78 Å². The highest BCUT2D eigenvalue weighted by Crippen LogP contribution is 2.43. The lowest BCUT2D eigenvalue weighted by atomic mass is 10.1. The Hall–Kier alpha value is -2.15. The second kappa shape index (κ2) is 4.17. The maximum absolute atomic E-state index is 12.9. The molecule has 0 amide bonds. The lowest BCUT2D eigenvalue weighted by Crippen LogP contribution is -2.25. The van der Waals surface area contributed by atoms with Crippen LogP contribution in [0.4, 0.5) is 8.78 Å². The van der Waals surface area contributed by atoms with Gasteiger partial charge in [-0.25, -0.2) is 4.98 Å². The number of aromatic nitrogens is 2. The first kappa shape index (κ1) is 12.9. The highest BCUT2D eigenvalue weighted by molar-refractivity contribution is 6.32. The van der Waals surface area contributed by atoms with Crippen LogP contribution < -0.4 is 15.0 Å². The first-order valence-electron chi connectivity index (χ1n) is 5.52. The maximum atomic E-state index is 12.9. The average molecular weight is 301 g/mol. The molecule has 1 aromatic heterocycles. The van der Waals surface area contributed by atoms with Crippen molar-refractivity contribution in [1.29, 1.82) is 0 Å². The molecule has 5 nitrogen and oxygen atoms in total. The average Bonchev–Trinajstić information content (AvgIpc) is 2.66. The number of alkyl halides is 2. The fourth-order valence-corrected chi connectivity index (χ4v) is 2.06. The molecule has 3 rings (SSSR count). The summed E-state index contributed by atoms with van der Waals surface area (Å²) < 4.78 is 34.5. The zero-order chi connectivity index (χ0) is 14.5. The lowest BCUT2D eigenvalue weighted by Gasteiger charge is -2.05. The number of nitrogens with zero attached hydrogens (tertiary/aromatic N) is 1. The van der Waals surface area contributed by atoms with Gasteiger partial charge in [-0.05, 0) is 25.1 Å². The van der Waals surface area contributed by atoms with Crippen LogP contribution in [0.5, 0.6) is 11.5 Å². The molecular formula is C12H7ClF2N2O3. The summed E-state index contributed by atoms with van der Waals surface area (Å²) in [5, 5.41) is -0.124. The van der Waals surface area contributed by atoms with E-state index in [9.17, 15) is 13.6 Å². The molecule has 2 aromatic rings. The third-order valence-electron chi connectivity index (χ3n) is 2.66. The number of H-pyrrole nitrogens is 1. The topological polar surface area (TPSA) is 64.2 Å². The van der Waals surface area contributed by atoms with Crippen LogP contribution in [0.1, 0.15) is 5.82 Å². The minimum absolute atomic E-state index is 0.0866. The summed E-state index contributed by atoms with van der Waals surface area (Å²) in [5.74, 6) is 0.136. The van der Waals surface area contributed by atoms with Gasteiger partial charge in [0.2, 0.25) is 0 Å². The fourth-order valence-electron chi connectivity index (χ4n) is 1.86. The molecule has 0 atom stereocenters. The van der Waals surface area contributed by atoms with E-state index in [1.165, 1.54) is 18.2 Å². The van der Waals surface area contributed by atoms with E-state index >= 15 is 0 Å². The lowest BCUT2D eigenvalue weighted by molar-refractivity contribution is -0.286. The van der Waals surface area contributed by atoms with Crippen LogP contribution in [-0.2, 0) is 0 Å². The zero-order valence-corrected chi connectivity index (χ0v) is 10.8. The number of hydrogen-bond acceptors (Lipinski definition) is 4. The predicted molar refractivity (Wildman–Crippen MR) is 66.2 cm³/mol. The summed E-state index contributed by atoms with van der Waals surface area (Å²) in [7, 11) is 0. The van der Waals surface area contributed by atoms with Crippen molar-refractivity contribution < 1.29 is 18.3 Å². The van der Waals surface area contributed by atoms with Crippen molar-refractivity contribution in [3.63, 3.8) is 0 Å². The number of fused-ring (bicyclic) bond motifs is 1. The molecule has 20 heavy (non-hydrogen) atoms. The van der Waals surface area contributed by atoms with Crippen molar-refractivity contribution in [2.75, 3.05) is 0 Å². The predicted octanol–water partition coefficient (Wildman–Crippen LogP) is 2.72. The van der Waals surface area contributed by atoms with Crippen LogP contribution in [0, 0.1) is 6.92 Å². The second-order valence-corrected chi connectivity index (χ2v) is 4.52. The minimum atomic E-state index is -3.69. The molecule has 0 spiro atoms. The van der Waals surface area contributed by atoms with E-state index in [1.54, 1.807) is 6.92 Å². The van der Waals surface area contributed by atoms with Gasteiger partial charge in [0.25, 0.3) is 5.56 Å². The van der Waals surface area contributed by atoms with Crippen molar-refractivity contribution in [3.05, 3.63) is 39.4 Å². The molecule has 0 fully saturated rings. The third-order valence-corrected chi connectivity index (χ3v) is 3.01. The molecule has 0 radical (unpaired) electrons. The van der Waals surface area contributed by atoms with Crippen molar-refractivity contribution in [1.82, 2.24) is 9.97 Å². The second-order valence-electron chi connectivity index (χ2n) is 4.14. The SMILES string of the molecule is Cc1nc(-c2ccc3c(c2)OC(F)(F)O3)c(Cl)c(=O)[nH]1. The van der Waals surface area contributed by atoms with Crippen LogP contribution in [0.25, 0.3) is 11.3 Å². The third kappa shape index (κ3) is 2.09. The molecule has 1 aromatic carbocycles. The zero-order valence-electron chi connectivity index (χ0n) is 10.0. The molecule has 1 aliphatic heterocycles. The molecule has 0 saturated carbocycles. The van der Waals surface area contributed by atoms with Gasteiger partial charge in [-0.3, -0.25) is 4.79 Å². The number of aryl methyl sites for hydroxylation is 1. The van der Waals surface area contributed by atoms with E-state index in [4.69, 9.17) is 11.6 Å². The number of rotatable bonds is 1. The molecule has 0 saturated heterocycles. The summed E-state index contributed by atoms with van der Waals surface area (Å²) in [6.07, 6.45) is -3.69. The van der Waals surface area contributed by atoms with Gasteiger partial charge >= 0.3 is 6.29 Å². The standard InChI is InChI=1S/C12H7ClF2N2O3/c1-5-16-10(9(13)11(18)17-5)6-2-3-7-8(4-6)20-12(14,15)19-7/h2-4H,1H3,(H,16,17,18). The van der Waals surface area contributed by atoms with Gasteiger partial charge in [0.15, 0.2) is 11.5 Å². The van der Waals surface area contributed by atoms with E-state index in [0.29, 0.717) is 11.4 Å². The number of aromatic amines is 1. The number of hydrogen-bond donors (Lipinski definition) is 1. The molecule has 8 heteroatoms. The molecule has 0 aliphatic carbocycles. The van der Waals surface area contributed by atoms with E-state index < -0.39 is 11.9 Å². The number of halogens is 3. The molecule has 1 aliphatic rings. The quantitative estimate of drug-likeness (QED) is 0.879. The van der Waals surface area contributed by atoms with Gasteiger partial charge in [-0.2, -0.15) is 0 Å². The Kier molecular flexibility index (Phi) is 2.68. The molecule has 0 unspecified atom stereocenters. The normalized spacial score (nSPS) is 15.4. The number of benzene rings is 1. The van der Waals surface area contributed by atoms with E-state index in [1.807, 2.05) is 0 Å². The first-order chi connectivity index (χ1) is 9.35. The van der Waals surface area contributed by atoms with Crippen molar-refractivity contribution >= 4 is 11.6 Å². The van der Waals surface area contributed by atoms with Crippen molar-refractivity contribution in [3.8, 4) is 22.8 Å². The summed E-state index contributed by atoms with van der Waals surface area (Å²) in [5.41, 5.74) is 0.0657. The Labute approximate surface area is 116 Å². The minimum Gasteiger partial charge on any atom is -0.395 e. The summed E-state index contributed by atoms with van der Waals surface area (Å²) in [6, 6.07) is 4.07. The van der Waals surface area contributed by atoms with Crippen LogP contribution >= 0.6 is 11.6 Å². The Morgan fingerprint density at radius 2 is 2.00 bits per heavy atom. The number of ether oxygens (including phenoxy) is 2. The Bertz CT molecular complexity index is 761. The van der Waals surface area contributed by atoms with Gasteiger partial charge < -0.3 is 14.5 Å². The first-order valence-corrected chi connectivity index (χ1v) is 5.90. The van der Waals surface area contributed by atoms with Crippen LogP contribution in [0.3, 0.4) is 0 Å². The molecular weight excluding hydrogens is 294 g/mol. The summed E-state index contributed by atoms with van der Waals surface area (Å²) >= 11 is 5.88. The highest BCUT2D eigenvalue weighted by Gasteiger charge is 2.43. The smallest absolute Gasteiger partial charge is 0.395 e. The summed E-state index contributed by atoms with van der Waals surface area (Å²) in [4.78, 5) is 18.1. The molecule has 1 N–H and O–H groups in total. The van der Waals surface area contributed by atoms with Crippen LogP contribution in [-0.4, -0.2) is 16.3 Å². The monoisotopic (exact) mass is 300 g/mol. The molecule has 104 valence electrons. The van der Waals surface area contributed by atoms with Crippen LogP contribution in [0.15, 0.2) is 23.0 Å². The Morgan fingerprint density at radius 3 is 2.75 bits per heavy atom. The maximum Gasteiger partial charge on any atom is 0.586 e. The molecule has 0 bridgehead atoms. The van der Waals surface area contributed by atoms with E-state index in [0.717, 1.165) is 0 Å². The van der Waals surface area contributed by atoms with Gasteiger partial charge in [0.1, 0.15) is 10.8 Å². The van der Waals surface area contributed by atoms with Gasteiger partial charge in [-0.1, -0.05) is 11.6 Å². The van der Waals surface area contributed by atoms with Crippen LogP contribution in [0.2, 0.25) is 5.02 Å². The largest absolute Gasteiger partial charge is 0.586 e. The van der Waals surface area contributed by atoms with Gasteiger partial charge in [0.05, 0.1) is 5.69 Å². The van der Waals surface area contributed by atoms with Gasteiger partial charge in [0, 0.05) is 5.56 Å². The Balaban J connectivity index is 2.12.